The molecule has 5 aliphatic rings. The Bertz CT molecular complexity index is 635. The van der Waals surface area contributed by atoms with Gasteiger partial charge >= 0.3 is 0 Å². The third kappa shape index (κ3) is 3.82. The summed E-state index contributed by atoms with van der Waals surface area (Å²) in [6.45, 7) is 7.38. The van der Waals surface area contributed by atoms with E-state index in [1.807, 2.05) is 4.90 Å². The molecule has 7 atom stereocenters. The molecule has 0 radical (unpaired) electrons. The molecule has 30 heavy (non-hydrogen) atoms. The average molecular weight is 422 g/mol. The third-order valence-corrected chi connectivity index (χ3v) is 8.56. The van der Waals surface area contributed by atoms with Gasteiger partial charge in [0.2, 0.25) is 17.5 Å². The number of carbonyl (C=O) groups excluding carboxylic acids is 1. The molecule has 5 fully saturated rings. The van der Waals surface area contributed by atoms with E-state index in [2.05, 4.69) is 13.8 Å². The second kappa shape index (κ2) is 8.34. The maximum Gasteiger partial charge on any atom is 0.223 e. The van der Waals surface area contributed by atoms with Crippen molar-refractivity contribution < 1.29 is 24.0 Å². The van der Waals surface area contributed by atoms with Crippen LogP contribution in [0.5, 0.6) is 0 Å². The number of hydrogen-bond acceptors (Lipinski definition) is 5. The van der Waals surface area contributed by atoms with Crippen molar-refractivity contribution >= 4 is 5.91 Å². The Morgan fingerprint density at radius 1 is 1.10 bits per heavy atom. The molecule has 2 bridgehead atoms. The monoisotopic (exact) mass is 421 g/mol. The van der Waals surface area contributed by atoms with Crippen molar-refractivity contribution in [2.75, 3.05) is 26.3 Å². The first-order valence-electron chi connectivity index (χ1n) is 12.4. The van der Waals surface area contributed by atoms with Crippen molar-refractivity contribution in [1.29, 1.82) is 0 Å². The van der Waals surface area contributed by atoms with Gasteiger partial charge in [-0.05, 0) is 62.7 Å². The van der Waals surface area contributed by atoms with E-state index in [1.165, 1.54) is 25.7 Å². The highest BCUT2D eigenvalue weighted by Crippen LogP contribution is 2.59. The Morgan fingerprint density at radius 2 is 1.93 bits per heavy atom. The lowest BCUT2D eigenvalue weighted by atomic mass is 9.61. The zero-order valence-corrected chi connectivity index (χ0v) is 18.8. The molecule has 3 aliphatic carbocycles. The number of amides is 1. The molecular formula is C24H39NO5. The summed E-state index contributed by atoms with van der Waals surface area (Å²) >= 11 is 0. The second-order valence-electron chi connectivity index (χ2n) is 10.8. The highest BCUT2D eigenvalue weighted by Gasteiger charge is 2.63. The standard InChI is InChI=1S/C24H39NO5/c1-3-20-13-19-11-17(2)12-21(14-19)24(20)28-23(29-30-24)6-4-5-18(16-23)15-22(26)25-7-9-27-10-8-25/h17-21H,3-16H2,1-2H3/t17?,18-,19?,20?,21?,23+,24-/m0/s1. The van der Waals surface area contributed by atoms with Gasteiger partial charge in [-0.2, -0.15) is 9.78 Å². The predicted octanol–water partition coefficient (Wildman–Crippen LogP) is 4.28. The SMILES string of the molecule is CCC1CC2CC(C)CC(C2)[C@@]12OO[C@@]1(CCC[C@@H](CC(=O)N3CCOCC3)C1)O2. The van der Waals surface area contributed by atoms with E-state index in [1.54, 1.807) is 0 Å². The highest BCUT2D eigenvalue weighted by atomic mass is 17.3. The Hall–Kier alpha value is -0.690. The maximum atomic E-state index is 12.8. The van der Waals surface area contributed by atoms with Crippen LogP contribution in [0, 0.1) is 29.6 Å². The number of morpholine rings is 1. The summed E-state index contributed by atoms with van der Waals surface area (Å²) in [5.41, 5.74) is 0. The summed E-state index contributed by atoms with van der Waals surface area (Å²) in [4.78, 5) is 27.1. The quantitative estimate of drug-likeness (QED) is 0.637. The summed E-state index contributed by atoms with van der Waals surface area (Å²) in [5, 5.41) is 0. The fraction of sp³-hybridized carbons (Fsp3) is 0.958. The van der Waals surface area contributed by atoms with Crippen molar-refractivity contribution in [3.05, 3.63) is 0 Å². The van der Waals surface area contributed by atoms with Gasteiger partial charge in [-0.3, -0.25) is 4.79 Å². The van der Waals surface area contributed by atoms with Crippen molar-refractivity contribution in [3.63, 3.8) is 0 Å². The Morgan fingerprint density at radius 3 is 2.73 bits per heavy atom. The number of nitrogens with zero attached hydrogens (tertiary/aromatic N) is 1. The van der Waals surface area contributed by atoms with Crippen LogP contribution in [0.4, 0.5) is 0 Å². The number of fused-ring (bicyclic) bond motifs is 3. The largest absolute Gasteiger partial charge is 0.378 e. The summed E-state index contributed by atoms with van der Waals surface area (Å²) < 4.78 is 12.3. The Kier molecular flexibility index (Phi) is 5.89. The topological polar surface area (TPSA) is 57.2 Å². The minimum absolute atomic E-state index is 0.252. The molecule has 6 nitrogen and oxygen atoms in total. The van der Waals surface area contributed by atoms with Gasteiger partial charge in [0.25, 0.3) is 0 Å². The smallest absolute Gasteiger partial charge is 0.223 e. The van der Waals surface area contributed by atoms with Crippen molar-refractivity contribution in [2.45, 2.75) is 89.6 Å². The third-order valence-electron chi connectivity index (χ3n) is 8.56. The molecule has 2 spiro atoms. The highest BCUT2D eigenvalue weighted by molar-refractivity contribution is 5.76. The Labute approximate surface area is 180 Å². The molecule has 0 aromatic rings. The first-order chi connectivity index (χ1) is 14.5. The van der Waals surface area contributed by atoms with Gasteiger partial charge in [-0.15, -0.1) is 0 Å². The number of carbonyl (C=O) groups is 1. The van der Waals surface area contributed by atoms with E-state index in [0.717, 1.165) is 57.0 Å². The van der Waals surface area contributed by atoms with Crippen LogP contribution >= 0.6 is 0 Å². The lowest BCUT2D eigenvalue weighted by molar-refractivity contribution is -0.382. The second-order valence-corrected chi connectivity index (χ2v) is 10.8. The van der Waals surface area contributed by atoms with E-state index in [9.17, 15) is 4.79 Å². The molecule has 4 unspecified atom stereocenters. The van der Waals surface area contributed by atoms with Crippen LogP contribution in [-0.4, -0.2) is 48.7 Å². The van der Waals surface area contributed by atoms with Crippen molar-refractivity contribution in [2.24, 2.45) is 29.6 Å². The molecule has 0 N–H and O–H groups in total. The van der Waals surface area contributed by atoms with Gasteiger partial charge in [0.15, 0.2) is 0 Å². The van der Waals surface area contributed by atoms with Crippen LogP contribution in [0.2, 0.25) is 0 Å². The van der Waals surface area contributed by atoms with Crippen LogP contribution in [0.3, 0.4) is 0 Å². The lowest BCUT2D eigenvalue weighted by Gasteiger charge is -2.51. The lowest BCUT2D eigenvalue weighted by Crippen LogP contribution is -2.55. The zero-order chi connectivity index (χ0) is 20.8. The molecule has 2 saturated heterocycles. The van der Waals surface area contributed by atoms with E-state index in [-0.39, 0.29) is 5.91 Å². The molecule has 6 heteroatoms. The van der Waals surface area contributed by atoms with E-state index < -0.39 is 11.6 Å². The normalized spacial score (nSPS) is 46.5. The molecule has 2 heterocycles. The summed E-state index contributed by atoms with van der Waals surface area (Å²) in [6.07, 6.45) is 10.3. The summed E-state index contributed by atoms with van der Waals surface area (Å²) in [6, 6.07) is 0. The molecule has 170 valence electrons. The maximum absolute atomic E-state index is 12.8. The van der Waals surface area contributed by atoms with Crippen molar-refractivity contribution in [3.8, 4) is 0 Å². The Balaban J connectivity index is 1.28. The van der Waals surface area contributed by atoms with Gasteiger partial charge in [0.05, 0.1) is 13.2 Å². The molecule has 0 aromatic heterocycles. The van der Waals surface area contributed by atoms with Gasteiger partial charge in [0.1, 0.15) is 0 Å². The minimum atomic E-state index is -0.658. The van der Waals surface area contributed by atoms with E-state index in [4.69, 9.17) is 19.2 Å². The number of ether oxygens (including phenoxy) is 2. The van der Waals surface area contributed by atoms with E-state index >= 15 is 0 Å². The zero-order valence-electron chi connectivity index (χ0n) is 18.8. The molecule has 2 aliphatic heterocycles. The van der Waals surface area contributed by atoms with Gasteiger partial charge in [0, 0.05) is 44.2 Å². The van der Waals surface area contributed by atoms with Crippen molar-refractivity contribution in [1.82, 2.24) is 4.90 Å². The van der Waals surface area contributed by atoms with Crippen LogP contribution in [0.25, 0.3) is 0 Å². The van der Waals surface area contributed by atoms with Crippen LogP contribution in [-0.2, 0) is 24.0 Å². The fourth-order valence-electron chi connectivity index (χ4n) is 7.22. The van der Waals surface area contributed by atoms with Crippen LogP contribution in [0.1, 0.15) is 78.1 Å². The van der Waals surface area contributed by atoms with Gasteiger partial charge in [-0.1, -0.05) is 13.8 Å². The molecule has 3 saturated carbocycles. The molecular weight excluding hydrogens is 382 g/mol. The van der Waals surface area contributed by atoms with E-state index in [0.29, 0.717) is 37.4 Å². The summed E-state index contributed by atoms with van der Waals surface area (Å²) in [7, 11) is 0. The number of hydrogen-bond donors (Lipinski definition) is 0. The summed E-state index contributed by atoms with van der Waals surface area (Å²) in [5.74, 6) is 1.70. The molecule has 0 aromatic carbocycles. The first kappa shape index (κ1) is 21.2. The number of rotatable bonds is 3. The first-order valence-corrected chi connectivity index (χ1v) is 12.4. The predicted molar refractivity (Wildman–Crippen MR) is 111 cm³/mol. The van der Waals surface area contributed by atoms with Gasteiger partial charge < -0.3 is 14.4 Å². The molecule has 1 amide bonds. The van der Waals surface area contributed by atoms with Gasteiger partial charge in [-0.25, -0.2) is 0 Å². The van der Waals surface area contributed by atoms with Crippen LogP contribution in [0.15, 0.2) is 0 Å². The minimum Gasteiger partial charge on any atom is -0.378 e. The van der Waals surface area contributed by atoms with Crippen LogP contribution < -0.4 is 0 Å². The fourth-order valence-corrected chi connectivity index (χ4v) is 7.22. The average Bonchev–Trinajstić information content (AvgIpc) is 3.11. The molecule has 5 rings (SSSR count).